The number of aliphatic imine (C=N–C) groups is 1. The van der Waals surface area contributed by atoms with E-state index in [0.717, 1.165) is 82.6 Å². The molecular formula is C71H49F9N6O8S2. The van der Waals surface area contributed by atoms with Gasteiger partial charge < -0.3 is 39.7 Å². The van der Waals surface area contributed by atoms with Crippen molar-refractivity contribution in [2.24, 2.45) is 4.99 Å². The molecule has 0 bridgehead atoms. The van der Waals surface area contributed by atoms with Crippen LogP contribution in [0, 0.1) is 0 Å². The fourth-order valence-electron chi connectivity index (χ4n) is 9.14. The van der Waals surface area contributed by atoms with E-state index in [4.69, 9.17) is 19.0 Å². The van der Waals surface area contributed by atoms with Crippen molar-refractivity contribution < 1.29 is 78.7 Å². The number of oxazole rings is 2. The first kappa shape index (κ1) is 67.3. The number of nitrogens with zero attached hydrogens (tertiary/aromatic N) is 5. The van der Waals surface area contributed by atoms with Gasteiger partial charge in [0.1, 0.15) is 38.3 Å². The Morgan fingerprint density at radius 2 is 0.938 bits per heavy atom. The molecule has 486 valence electrons. The Bertz CT molecular complexity index is 4660. The number of halogens is 9. The highest BCUT2D eigenvalue weighted by molar-refractivity contribution is 7.21. The highest BCUT2D eigenvalue weighted by Crippen LogP contribution is 2.37. The van der Waals surface area contributed by atoms with Gasteiger partial charge in [-0.2, -0.15) is 39.5 Å². The third-order valence-corrected chi connectivity index (χ3v) is 15.7. The second kappa shape index (κ2) is 29.6. The van der Waals surface area contributed by atoms with Gasteiger partial charge in [0.15, 0.2) is 11.2 Å². The summed E-state index contributed by atoms with van der Waals surface area (Å²) in [5.74, 6) is -4.28. The summed E-state index contributed by atoms with van der Waals surface area (Å²) in [4.78, 5) is 31.8. The summed E-state index contributed by atoms with van der Waals surface area (Å²) in [7, 11) is 0. The monoisotopic (exact) mass is 1350 g/mol. The molecule has 2 aliphatic rings. The van der Waals surface area contributed by atoms with Gasteiger partial charge in [-0.05, 0) is 108 Å². The van der Waals surface area contributed by atoms with Crippen molar-refractivity contribution in [1.82, 2.24) is 19.9 Å². The molecule has 0 aliphatic carbocycles. The maximum absolute atomic E-state index is 12.0. The number of rotatable bonds is 6. The summed E-state index contributed by atoms with van der Waals surface area (Å²) < 4.78 is 121. The summed E-state index contributed by atoms with van der Waals surface area (Å²) in [5, 5.41) is 50.5. The minimum Gasteiger partial charge on any atom is -0.507 e. The molecule has 6 heterocycles. The van der Waals surface area contributed by atoms with E-state index >= 15 is 0 Å². The number of allylic oxidation sites excluding steroid dienone is 4. The number of benzene rings is 9. The molecule has 0 saturated carbocycles. The molecule has 14 nitrogen and oxygen atoms in total. The van der Waals surface area contributed by atoms with Gasteiger partial charge in [-0.3, -0.25) is 9.79 Å². The van der Waals surface area contributed by atoms with E-state index in [1.807, 2.05) is 109 Å². The van der Waals surface area contributed by atoms with Gasteiger partial charge >= 0.3 is 18.5 Å². The van der Waals surface area contributed by atoms with Crippen molar-refractivity contribution >= 4 is 100 Å². The van der Waals surface area contributed by atoms with Gasteiger partial charge in [-0.15, -0.1) is 22.7 Å². The van der Waals surface area contributed by atoms with Crippen LogP contribution >= 0.6 is 22.7 Å². The van der Waals surface area contributed by atoms with Gasteiger partial charge in [0.2, 0.25) is 23.3 Å². The summed E-state index contributed by atoms with van der Waals surface area (Å²) >= 11 is 2.69. The first-order valence-electron chi connectivity index (χ1n) is 28.5. The first-order chi connectivity index (χ1) is 45.9. The number of aliphatic hydroxyl groups excluding tert-OH is 2. The fraction of sp³-hybridized carbons (Fsp3) is 0.0704. The van der Waals surface area contributed by atoms with Gasteiger partial charge in [0.05, 0.1) is 43.0 Å². The van der Waals surface area contributed by atoms with E-state index in [9.17, 15) is 59.6 Å². The number of hydrogen-bond donors (Lipinski definition) is 6. The number of ketones is 1. The zero-order chi connectivity index (χ0) is 68.2. The van der Waals surface area contributed by atoms with E-state index in [-0.39, 0.29) is 28.1 Å². The molecule has 9 aromatic carbocycles. The lowest BCUT2D eigenvalue weighted by atomic mass is 10.0. The van der Waals surface area contributed by atoms with Crippen LogP contribution in [0.25, 0.3) is 76.8 Å². The second-order valence-corrected chi connectivity index (χ2v) is 22.6. The molecule has 15 rings (SSSR count). The Hall–Kier alpha value is -11.6. The molecular weight excluding hydrogens is 1300 g/mol. The maximum atomic E-state index is 12.0. The second-order valence-electron chi connectivity index (χ2n) is 20.5. The summed E-state index contributed by atoms with van der Waals surface area (Å²) in [6, 6.07) is 65.8. The average Bonchev–Trinajstić information content (AvgIpc) is 1.80. The zero-order valence-electron chi connectivity index (χ0n) is 49.3. The number of nitrogens with one attached hydrogen (secondary N) is 1. The summed E-state index contributed by atoms with van der Waals surface area (Å²) in [6.07, 6.45) is -11.5. The standard InChI is InChI=1S/C14H11NO.C13H9NO2.C13H9NOS.C11H8F3NO.C10H6F3NO2.C10H6F3NOS/c16-14-8-4-2-6-11(14)13-9-10-5-1-3-7-12(10)15-13;2*15-11-7-3-1-5-9(11)13-14-10-6-2-4-8-12(10)16-13;12-11(13,14)10(16)6-8-5-7-3-1-2-4-9(7)15-8;2*11-10(12,13)8(15)5-9-14-6-3-1-2-4-7(6)16-9/h1-8,16H,9H2;2*1-8,15H;1-4,6,15H,5H2;2*1-5,15H/b;;;;2*8-5-. The number of para-hydroxylation sites is 11. The van der Waals surface area contributed by atoms with E-state index in [1.54, 1.807) is 114 Å². The third-order valence-electron chi connectivity index (χ3n) is 13.7. The molecule has 2 aliphatic heterocycles. The molecule has 0 atom stereocenters. The SMILES string of the molecule is O/C(=C\c1nc2ccccc2o1)C(F)(F)F.O/C(=C\c1nc2ccccc2s1)C(F)(F)F.O=C(C=C1Cc2ccccc2N1)C(F)(F)F.Oc1ccccc1-c1nc2ccccc2o1.Oc1ccccc1-c1nc2ccccc2s1.Oc1ccccc1C1=Nc2ccccc2C1. The predicted molar refractivity (Wildman–Crippen MR) is 352 cm³/mol. The number of fused-ring (bicyclic) bond motifs is 6. The molecule has 96 heavy (non-hydrogen) atoms. The molecule has 0 saturated heterocycles. The fourth-order valence-corrected chi connectivity index (χ4v) is 11.0. The number of aromatic nitrogens is 4. The smallest absolute Gasteiger partial charge is 0.454 e. The normalized spacial score (nSPS) is 13.1. The van der Waals surface area contributed by atoms with Gasteiger partial charge in [-0.1, -0.05) is 121 Å². The van der Waals surface area contributed by atoms with Crippen molar-refractivity contribution in [1.29, 1.82) is 0 Å². The van der Waals surface area contributed by atoms with Crippen LogP contribution in [0.5, 0.6) is 17.2 Å². The Labute approximate surface area is 546 Å². The van der Waals surface area contributed by atoms with Crippen LogP contribution in [0.3, 0.4) is 0 Å². The highest BCUT2D eigenvalue weighted by Gasteiger charge is 2.38. The lowest BCUT2D eigenvalue weighted by Crippen LogP contribution is -2.21. The van der Waals surface area contributed by atoms with Gasteiger partial charge in [0.25, 0.3) is 5.78 Å². The molecule has 13 aromatic rings. The molecule has 6 N–H and O–H groups in total. The van der Waals surface area contributed by atoms with Crippen LogP contribution in [-0.4, -0.2) is 75.5 Å². The van der Waals surface area contributed by atoms with E-state index in [0.29, 0.717) is 58.5 Å². The molecule has 4 aromatic heterocycles. The first-order valence-corrected chi connectivity index (χ1v) is 30.1. The minimum absolute atomic E-state index is 0.135. The lowest BCUT2D eigenvalue weighted by molar-refractivity contribution is -0.165. The highest BCUT2D eigenvalue weighted by atomic mass is 32.1. The molecule has 0 amide bonds. The van der Waals surface area contributed by atoms with Crippen molar-refractivity contribution in [2.75, 3.05) is 5.32 Å². The number of phenolic OH excluding ortho intramolecular Hbond substituents is 3. The molecule has 25 heteroatoms. The maximum Gasteiger partial charge on any atom is 0.454 e. The van der Waals surface area contributed by atoms with Gasteiger partial charge in [0, 0.05) is 48.0 Å². The topological polar surface area (TPSA) is 220 Å². The number of carbonyl (C=O) groups is 1. The van der Waals surface area contributed by atoms with Crippen molar-refractivity contribution in [3.05, 3.63) is 269 Å². The molecule has 0 spiro atoms. The summed E-state index contributed by atoms with van der Waals surface area (Å²) in [6.45, 7) is 0. The predicted octanol–water partition coefficient (Wildman–Crippen LogP) is 19.7. The van der Waals surface area contributed by atoms with Crippen LogP contribution in [0.1, 0.15) is 27.6 Å². The van der Waals surface area contributed by atoms with Crippen LogP contribution in [0.4, 0.5) is 50.9 Å². The minimum atomic E-state index is -4.80. The Balaban J connectivity index is 0.000000125. The van der Waals surface area contributed by atoms with Crippen LogP contribution in [0.2, 0.25) is 0 Å². The largest absolute Gasteiger partial charge is 0.507 e. The number of alkyl halides is 9. The number of phenols is 3. The molecule has 0 unspecified atom stereocenters. The van der Waals surface area contributed by atoms with Crippen molar-refractivity contribution in [2.45, 2.75) is 31.4 Å². The Morgan fingerprint density at radius 3 is 1.49 bits per heavy atom. The number of anilines is 1. The summed E-state index contributed by atoms with van der Waals surface area (Å²) in [5.41, 5.74) is 11.3. The van der Waals surface area contributed by atoms with Gasteiger partial charge in [-0.25, -0.2) is 19.9 Å². The molecule has 0 fully saturated rings. The van der Waals surface area contributed by atoms with Crippen LogP contribution < -0.4 is 5.32 Å². The Kier molecular flexibility index (Phi) is 20.7. The van der Waals surface area contributed by atoms with E-state index in [2.05, 4.69) is 36.3 Å². The lowest BCUT2D eigenvalue weighted by Gasteiger charge is -2.02. The van der Waals surface area contributed by atoms with Crippen LogP contribution in [-0.2, 0) is 17.6 Å². The molecule has 0 radical (unpaired) electrons. The average molecular weight is 1350 g/mol. The van der Waals surface area contributed by atoms with Crippen molar-refractivity contribution in [3.8, 4) is 39.3 Å². The van der Waals surface area contributed by atoms with Crippen LogP contribution in [0.15, 0.2) is 256 Å². The van der Waals surface area contributed by atoms with E-state index < -0.39 is 35.8 Å². The number of hydrogen-bond acceptors (Lipinski definition) is 16. The number of aliphatic hydroxyl groups is 2. The Morgan fingerprint density at radius 1 is 0.458 bits per heavy atom. The number of carbonyl (C=O) groups excluding carboxylic acids is 1. The number of aromatic hydroxyl groups is 3. The number of thiazole rings is 2. The zero-order valence-corrected chi connectivity index (χ0v) is 51.0. The van der Waals surface area contributed by atoms with Crippen molar-refractivity contribution in [3.63, 3.8) is 0 Å². The van der Waals surface area contributed by atoms with E-state index in [1.165, 1.54) is 5.56 Å². The quantitative estimate of drug-likeness (QED) is 0.0519. The third kappa shape index (κ3) is 17.4.